The molecule has 1 saturated heterocycles. The molecule has 3 aromatic rings. The fraction of sp³-hybridized carbons (Fsp3) is 0.478. The number of thiazole rings is 1. The van der Waals surface area contributed by atoms with Crippen LogP contribution in [0.1, 0.15) is 54.9 Å². The zero-order valence-corrected chi connectivity index (χ0v) is 17.2. The van der Waals surface area contributed by atoms with Crippen molar-refractivity contribution in [1.29, 1.82) is 0 Å². The molecule has 0 amide bonds. The van der Waals surface area contributed by atoms with Crippen molar-refractivity contribution in [2.24, 2.45) is 0 Å². The average molecular weight is 378 g/mol. The monoisotopic (exact) mass is 377 g/mol. The van der Waals surface area contributed by atoms with Crippen molar-refractivity contribution < 1.29 is 0 Å². The molecule has 140 valence electrons. The number of pyridine rings is 1. The molecule has 4 heteroatoms. The first-order valence-corrected chi connectivity index (χ1v) is 11.0. The second-order valence-corrected chi connectivity index (χ2v) is 9.43. The lowest BCUT2D eigenvalue weighted by molar-refractivity contribution is 0.103. The van der Waals surface area contributed by atoms with Crippen LogP contribution in [0, 0.1) is 13.8 Å². The minimum absolute atomic E-state index is 0.659. The Kier molecular flexibility index (Phi) is 4.29. The van der Waals surface area contributed by atoms with Crippen LogP contribution in [-0.4, -0.2) is 33.5 Å². The Hall–Kier alpha value is -1.78. The van der Waals surface area contributed by atoms with Gasteiger partial charge in [-0.05, 0) is 76.8 Å². The third-order valence-corrected chi connectivity index (χ3v) is 7.66. The van der Waals surface area contributed by atoms with Crippen LogP contribution in [0.15, 0.2) is 30.3 Å². The minimum Gasteiger partial charge on any atom is -0.298 e. The molecule has 1 aromatic carbocycles. The number of aromatic nitrogens is 2. The molecule has 3 heterocycles. The highest BCUT2D eigenvalue weighted by atomic mass is 32.1. The normalized spacial score (nSPS) is 25.8. The molecule has 1 aliphatic heterocycles. The summed E-state index contributed by atoms with van der Waals surface area (Å²) >= 11 is 1.89. The van der Waals surface area contributed by atoms with Gasteiger partial charge in [0.1, 0.15) is 0 Å². The van der Waals surface area contributed by atoms with E-state index in [0.29, 0.717) is 5.92 Å². The lowest BCUT2D eigenvalue weighted by Gasteiger charge is -2.42. The zero-order chi connectivity index (χ0) is 18.5. The van der Waals surface area contributed by atoms with Crippen molar-refractivity contribution in [3.05, 3.63) is 46.7 Å². The molecule has 2 fully saturated rings. The third-order valence-electron chi connectivity index (χ3n) is 6.48. The molecule has 2 aliphatic rings. The van der Waals surface area contributed by atoms with Crippen LogP contribution in [0.5, 0.6) is 0 Å². The molecule has 2 aromatic heterocycles. The van der Waals surface area contributed by atoms with Crippen molar-refractivity contribution >= 4 is 21.6 Å². The summed E-state index contributed by atoms with van der Waals surface area (Å²) in [6.07, 6.45) is 5.33. The van der Waals surface area contributed by atoms with E-state index in [9.17, 15) is 0 Å². The standard InChI is InChI=1S/C23H27N3S/c1-14-6-8-20(16(3)24-14)17-7-9-21-22(13-17)27-23(25-21)18-11-19(12-18)26-10-4-5-15(26)2/h6-9,13,15,18-19H,4-5,10-12H2,1-3H3/t15-,18-,19-/m1/s1. The van der Waals surface area contributed by atoms with Crippen LogP contribution in [-0.2, 0) is 0 Å². The molecular formula is C23H27N3S. The highest BCUT2D eigenvalue weighted by molar-refractivity contribution is 7.18. The van der Waals surface area contributed by atoms with Gasteiger partial charge < -0.3 is 0 Å². The van der Waals surface area contributed by atoms with Crippen molar-refractivity contribution in [1.82, 2.24) is 14.9 Å². The summed E-state index contributed by atoms with van der Waals surface area (Å²) in [6, 6.07) is 12.5. The topological polar surface area (TPSA) is 29.0 Å². The first-order valence-electron chi connectivity index (χ1n) is 10.2. The Balaban J connectivity index is 1.37. The largest absolute Gasteiger partial charge is 0.298 e. The van der Waals surface area contributed by atoms with Gasteiger partial charge in [0.2, 0.25) is 0 Å². The van der Waals surface area contributed by atoms with Crippen LogP contribution >= 0.6 is 11.3 Å². The zero-order valence-electron chi connectivity index (χ0n) is 16.4. The van der Waals surface area contributed by atoms with Gasteiger partial charge >= 0.3 is 0 Å². The van der Waals surface area contributed by atoms with Gasteiger partial charge in [0.05, 0.1) is 15.2 Å². The fourth-order valence-corrected chi connectivity index (χ4v) is 5.97. The summed E-state index contributed by atoms with van der Waals surface area (Å²) in [5, 5.41) is 1.34. The first kappa shape index (κ1) is 17.3. The molecule has 1 atom stereocenters. The van der Waals surface area contributed by atoms with E-state index in [4.69, 9.17) is 4.98 Å². The van der Waals surface area contributed by atoms with E-state index in [1.165, 1.54) is 53.1 Å². The lowest BCUT2D eigenvalue weighted by Crippen LogP contribution is -2.45. The van der Waals surface area contributed by atoms with Crippen LogP contribution in [0.25, 0.3) is 21.3 Å². The van der Waals surface area contributed by atoms with E-state index in [-0.39, 0.29) is 0 Å². The minimum atomic E-state index is 0.659. The van der Waals surface area contributed by atoms with Gasteiger partial charge in [-0.3, -0.25) is 9.88 Å². The van der Waals surface area contributed by atoms with E-state index in [2.05, 4.69) is 54.1 Å². The summed E-state index contributed by atoms with van der Waals surface area (Å²) in [6.45, 7) is 7.83. The molecule has 0 radical (unpaired) electrons. The van der Waals surface area contributed by atoms with Gasteiger partial charge in [0.15, 0.2) is 0 Å². The number of aryl methyl sites for hydroxylation is 2. The van der Waals surface area contributed by atoms with Crippen molar-refractivity contribution in [2.45, 2.75) is 64.5 Å². The number of hydrogen-bond acceptors (Lipinski definition) is 4. The summed E-state index contributed by atoms with van der Waals surface area (Å²) < 4.78 is 1.31. The highest BCUT2D eigenvalue weighted by Crippen LogP contribution is 2.44. The molecule has 0 unspecified atom stereocenters. The number of benzene rings is 1. The highest BCUT2D eigenvalue weighted by Gasteiger charge is 2.39. The van der Waals surface area contributed by atoms with Crippen LogP contribution in [0.3, 0.4) is 0 Å². The SMILES string of the molecule is Cc1ccc(-c2ccc3nc([C@H]4C[C@H](N5CCC[C@H]5C)C4)sc3c2)c(C)n1. The van der Waals surface area contributed by atoms with E-state index in [1.54, 1.807) is 0 Å². The Morgan fingerprint density at radius 2 is 1.93 bits per heavy atom. The van der Waals surface area contributed by atoms with Gasteiger partial charge in [0, 0.05) is 35.0 Å². The molecule has 0 bridgehead atoms. The molecule has 5 rings (SSSR count). The van der Waals surface area contributed by atoms with Gasteiger partial charge in [-0.2, -0.15) is 0 Å². The first-order chi connectivity index (χ1) is 13.1. The van der Waals surface area contributed by atoms with Crippen LogP contribution < -0.4 is 0 Å². The van der Waals surface area contributed by atoms with E-state index >= 15 is 0 Å². The Bertz CT molecular complexity index is 986. The maximum Gasteiger partial charge on any atom is 0.0970 e. The van der Waals surface area contributed by atoms with E-state index in [1.807, 2.05) is 18.3 Å². The van der Waals surface area contributed by atoms with Crippen LogP contribution in [0.4, 0.5) is 0 Å². The molecular weight excluding hydrogens is 350 g/mol. The predicted octanol–water partition coefficient (Wildman–Crippen LogP) is 5.71. The summed E-state index contributed by atoms with van der Waals surface area (Å²) in [5.41, 5.74) is 5.80. The number of fused-ring (bicyclic) bond motifs is 1. The van der Waals surface area contributed by atoms with Gasteiger partial charge in [-0.15, -0.1) is 11.3 Å². The average Bonchev–Trinajstić information content (AvgIpc) is 3.19. The molecule has 27 heavy (non-hydrogen) atoms. The quantitative estimate of drug-likeness (QED) is 0.586. The Labute approximate surface area is 165 Å². The van der Waals surface area contributed by atoms with E-state index in [0.717, 1.165) is 29.0 Å². The number of likely N-dealkylation sites (tertiary alicyclic amines) is 1. The molecule has 0 N–H and O–H groups in total. The molecule has 1 saturated carbocycles. The summed E-state index contributed by atoms with van der Waals surface area (Å²) in [4.78, 5) is 12.3. The fourth-order valence-electron chi connectivity index (χ4n) is 4.83. The third kappa shape index (κ3) is 3.09. The van der Waals surface area contributed by atoms with Crippen molar-refractivity contribution in [3.63, 3.8) is 0 Å². The van der Waals surface area contributed by atoms with E-state index < -0.39 is 0 Å². The van der Waals surface area contributed by atoms with Gasteiger partial charge in [-0.25, -0.2) is 4.98 Å². The second-order valence-electron chi connectivity index (χ2n) is 8.37. The van der Waals surface area contributed by atoms with Gasteiger partial charge in [0.25, 0.3) is 0 Å². The lowest BCUT2D eigenvalue weighted by atomic mass is 9.79. The second kappa shape index (κ2) is 6.68. The number of rotatable bonds is 3. The maximum absolute atomic E-state index is 4.97. The molecule has 3 nitrogen and oxygen atoms in total. The van der Waals surface area contributed by atoms with Crippen LogP contribution in [0.2, 0.25) is 0 Å². The summed E-state index contributed by atoms with van der Waals surface area (Å²) in [7, 11) is 0. The Morgan fingerprint density at radius 3 is 2.67 bits per heavy atom. The smallest absolute Gasteiger partial charge is 0.0970 e. The number of hydrogen-bond donors (Lipinski definition) is 0. The van der Waals surface area contributed by atoms with Gasteiger partial charge in [-0.1, -0.05) is 12.1 Å². The number of nitrogens with zero attached hydrogens (tertiary/aromatic N) is 3. The molecule has 0 spiro atoms. The van der Waals surface area contributed by atoms with Crippen molar-refractivity contribution in [3.8, 4) is 11.1 Å². The summed E-state index contributed by atoms with van der Waals surface area (Å²) in [5.74, 6) is 0.659. The predicted molar refractivity (Wildman–Crippen MR) is 113 cm³/mol. The maximum atomic E-state index is 4.97. The van der Waals surface area contributed by atoms with Crippen molar-refractivity contribution in [2.75, 3.05) is 6.54 Å². The Morgan fingerprint density at radius 1 is 1.07 bits per heavy atom. The molecule has 1 aliphatic carbocycles.